The third-order valence-electron chi connectivity index (χ3n) is 1.78. The van der Waals surface area contributed by atoms with Crippen molar-refractivity contribution in [3.63, 3.8) is 0 Å². The van der Waals surface area contributed by atoms with Crippen LogP contribution in [0.5, 0.6) is 5.75 Å². The zero-order valence-corrected chi connectivity index (χ0v) is 9.78. The van der Waals surface area contributed by atoms with E-state index < -0.39 is 25.4 Å². The Hall–Kier alpha value is -1.41. The van der Waals surface area contributed by atoms with Crippen molar-refractivity contribution in [3.8, 4) is 5.75 Å². The normalized spacial score (nSPS) is 11.3. The maximum absolute atomic E-state index is 13.3. The molecule has 0 aliphatic rings. The van der Waals surface area contributed by atoms with Gasteiger partial charge in [0.2, 0.25) is 0 Å². The fourth-order valence-electron chi connectivity index (χ4n) is 1.05. The number of hydrogen-bond donors (Lipinski definition) is 1. The lowest BCUT2D eigenvalue weighted by Crippen LogP contribution is -2.19. The van der Waals surface area contributed by atoms with Crippen LogP contribution in [0.1, 0.15) is 5.56 Å². The topological polar surface area (TPSA) is 44.5 Å². The minimum Gasteiger partial charge on any atom is -0.467 e. The van der Waals surface area contributed by atoms with Gasteiger partial charge in [-0.25, -0.2) is 4.39 Å². The van der Waals surface area contributed by atoms with Crippen LogP contribution in [0.4, 0.5) is 17.6 Å². The summed E-state index contributed by atoms with van der Waals surface area (Å²) in [6.07, 6.45) is -4.43. The van der Waals surface area contributed by atoms with E-state index in [1.807, 2.05) is 0 Å². The smallest absolute Gasteiger partial charge is 0.411 e. The summed E-state index contributed by atoms with van der Waals surface area (Å²) in [5.41, 5.74) is 5.27. The van der Waals surface area contributed by atoms with Crippen LogP contribution < -0.4 is 10.5 Å². The van der Waals surface area contributed by atoms with Crippen LogP contribution in [-0.4, -0.2) is 24.6 Å². The van der Waals surface area contributed by atoms with Gasteiger partial charge in [0.15, 0.2) is 6.79 Å². The fraction of sp³-hybridized carbons (Fsp3) is 0.300. The second-order valence-electron chi connectivity index (χ2n) is 3.23. The molecule has 0 fully saturated rings. The molecule has 0 heterocycles. The van der Waals surface area contributed by atoms with E-state index >= 15 is 0 Å². The lowest BCUT2D eigenvalue weighted by atomic mass is 10.2. The van der Waals surface area contributed by atoms with Crippen LogP contribution in [0.15, 0.2) is 18.2 Å². The Bertz CT molecular complexity index is 436. The quantitative estimate of drug-likeness (QED) is 0.390. The first kappa shape index (κ1) is 14.7. The van der Waals surface area contributed by atoms with E-state index in [-0.39, 0.29) is 16.3 Å². The van der Waals surface area contributed by atoms with Gasteiger partial charge in [-0.2, -0.15) is 13.2 Å². The maximum atomic E-state index is 13.3. The van der Waals surface area contributed by atoms with Gasteiger partial charge in [0.1, 0.15) is 23.2 Å². The third kappa shape index (κ3) is 4.84. The molecule has 8 heteroatoms. The molecule has 0 atom stereocenters. The summed E-state index contributed by atoms with van der Waals surface area (Å²) in [6.45, 7) is -2.06. The fourth-order valence-corrected chi connectivity index (χ4v) is 1.22. The molecule has 0 aliphatic heterocycles. The highest BCUT2D eigenvalue weighted by atomic mass is 32.1. The largest absolute Gasteiger partial charge is 0.467 e. The molecule has 0 aliphatic carbocycles. The van der Waals surface area contributed by atoms with E-state index in [9.17, 15) is 17.6 Å². The third-order valence-corrected chi connectivity index (χ3v) is 2.00. The number of halogens is 4. The minimum absolute atomic E-state index is 0.0228. The van der Waals surface area contributed by atoms with Gasteiger partial charge < -0.3 is 15.2 Å². The Kier molecular flexibility index (Phi) is 4.85. The summed E-state index contributed by atoms with van der Waals surface area (Å²) in [5, 5.41) is 0. The van der Waals surface area contributed by atoms with E-state index in [0.29, 0.717) is 0 Å². The van der Waals surface area contributed by atoms with Crippen molar-refractivity contribution in [2.24, 2.45) is 5.73 Å². The number of thiocarbonyl (C=S) groups is 1. The van der Waals surface area contributed by atoms with Crippen LogP contribution >= 0.6 is 12.2 Å². The molecule has 0 amide bonds. The van der Waals surface area contributed by atoms with Gasteiger partial charge in [0, 0.05) is 11.6 Å². The predicted molar refractivity (Wildman–Crippen MR) is 59.8 cm³/mol. The highest BCUT2D eigenvalue weighted by Gasteiger charge is 2.27. The van der Waals surface area contributed by atoms with E-state index in [4.69, 9.17) is 10.5 Å². The highest BCUT2D eigenvalue weighted by molar-refractivity contribution is 7.80. The number of nitrogens with two attached hydrogens (primary N) is 1. The van der Waals surface area contributed by atoms with E-state index in [0.717, 1.165) is 6.07 Å². The van der Waals surface area contributed by atoms with Crippen LogP contribution in [-0.2, 0) is 4.74 Å². The second kappa shape index (κ2) is 5.96. The van der Waals surface area contributed by atoms with Crippen LogP contribution in [0.3, 0.4) is 0 Å². The molecule has 0 saturated carbocycles. The summed E-state index contributed by atoms with van der Waals surface area (Å²) < 4.78 is 57.5. The molecule has 1 rings (SSSR count). The molecule has 0 bridgehead atoms. The molecular weight excluding hydrogens is 274 g/mol. The van der Waals surface area contributed by atoms with Crippen molar-refractivity contribution < 1.29 is 27.0 Å². The molecule has 0 saturated heterocycles. The molecule has 100 valence electrons. The molecule has 0 unspecified atom stereocenters. The van der Waals surface area contributed by atoms with Gasteiger partial charge in [-0.05, 0) is 12.1 Å². The van der Waals surface area contributed by atoms with Gasteiger partial charge in [-0.3, -0.25) is 0 Å². The van der Waals surface area contributed by atoms with Crippen molar-refractivity contribution in [1.82, 2.24) is 0 Å². The Morgan fingerprint density at radius 3 is 2.50 bits per heavy atom. The molecule has 1 aromatic rings. The first-order valence-electron chi connectivity index (χ1n) is 4.66. The number of hydrogen-bond acceptors (Lipinski definition) is 3. The monoisotopic (exact) mass is 283 g/mol. The lowest BCUT2D eigenvalue weighted by Gasteiger charge is -2.10. The average Bonchev–Trinajstić information content (AvgIpc) is 2.22. The van der Waals surface area contributed by atoms with Crippen molar-refractivity contribution >= 4 is 17.2 Å². The molecule has 1 aromatic carbocycles. The molecule has 0 radical (unpaired) electrons. The molecule has 18 heavy (non-hydrogen) atoms. The number of ether oxygens (including phenoxy) is 2. The standard InChI is InChI=1S/C10H9F4NO2S/c11-8-3-6(1-2-7(8)9(15)18)17-5-16-4-10(12,13)14/h1-3H,4-5H2,(H2,15,18). The van der Waals surface area contributed by atoms with Crippen molar-refractivity contribution in [1.29, 1.82) is 0 Å². The van der Waals surface area contributed by atoms with Crippen molar-refractivity contribution in [2.45, 2.75) is 6.18 Å². The predicted octanol–water partition coefficient (Wildman–Crippen LogP) is 2.38. The van der Waals surface area contributed by atoms with Gasteiger partial charge in [-0.1, -0.05) is 12.2 Å². The molecule has 3 nitrogen and oxygen atoms in total. The second-order valence-corrected chi connectivity index (χ2v) is 3.67. The maximum Gasteiger partial charge on any atom is 0.411 e. The Labute approximate surface area is 105 Å². The van der Waals surface area contributed by atoms with Crippen molar-refractivity contribution in [2.75, 3.05) is 13.4 Å². The van der Waals surface area contributed by atoms with Gasteiger partial charge in [0.05, 0.1) is 0 Å². The lowest BCUT2D eigenvalue weighted by molar-refractivity contribution is -0.186. The summed E-state index contributed by atoms with van der Waals surface area (Å²) >= 11 is 4.59. The SMILES string of the molecule is NC(=S)c1ccc(OCOCC(F)(F)F)cc1F. The molecule has 0 spiro atoms. The van der Waals surface area contributed by atoms with Gasteiger partial charge >= 0.3 is 6.18 Å². The van der Waals surface area contributed by atoms with Crippen molar-refractivity contribution in [3.05, 3.63) is 29.6 Å². The van der Waals surface area contributed by atoms with E-state index in [1.54, 1.807) is 0 Å². The number of benzene rings is 1. The number of alkyl halides is 3. The summed E-state index contributed by atoms with van der Waals surface area (Å²) in [5.74, 6) is -0.689. The van der Waals surface area contributed by atoms with E-state index in [1.165, 1.54) is 12.1 Å². The van der Waals surface area contributed by atoms with Crippen LogP contribution in [0, 0.1) is 5.82 Å². The Morgan fingerprint density at radius 1 is 1.33 bits per heavy atom. The average molecular weight is 283 g/mol. The highest BCUT2D eigenvalue weighted by Crippen LogP contribution is 2.18. The summed E-state index contributed by atoms with van der Waals surface area (Å²) in [7, 11) is 0. The zero-order valence-electron chi connectivity index (χ0n) is 8.96. The summed E-state index contributed by atoms with van der Waals surface area (Å²) in [4.78, 5) is -0.118. The molecule has 0 aromatic heterocycles. The first-order valence-corrected chi connectivity index (χ1v) is 5.07. The minimum atomic E-state index is -4.43. The molecule has 2 N–H and O–H groups in total. The van der Waals surface area contributed by atoms with Gasteiger partial charge in [-0.15, -0.1) is 0 Å². The Morgan fingerprint density at radius 2 is 2.00 bits per heavy atom. The van der Waals surface area contributed by atoms with Gasteiger partial charge in [0.25, 0.3) is 0 Å². The van der Waals surface area contributed by atoms with Crippen LogP contribution in [0.25, 0.3) is 0 Å². The Balaban J connectivity index is 2.49. The molecular formula is C10H9F4NO2S. The van der Waals surface area contributed by atoms with E-state index in [2.05, 4.69) is 17.0 Å². The summed E-state index contributed by atoms with van der Waals surface area (Å²) in [6, 6.07) is 3.57. The van der Waals surface area contributed by atoms with Crippen LogP contribution in [0.2, 0.25) is 0 Å². The zero-order chi connectivity index (χ0) is 13.8. The number of rotatable bonds is 5. The first-order chi connectivity index (χ1) is 8.29.